The summed E-state index contributed by atoms with van der Waals surface area (Å²) in [4.78, 5) is 4.30. The lowest BCUT2D eigenvalue weighted by Gasteiger charge is -2.09. The Bertz CT molecular complexity index is 286. The summed E-state index contributed by atoms with van der Waals surface area (Å²) in [5, 5.41) is 3.31. The number of nitrogens with one attached hydrogen (secondary N) is 1. The van der Waals surface area contributed by atoms with Crippen molar-refractivity contribution < 1.29 is 4.74 Å². The second-order valence-electron chi connectivity index (χ2n) is 4.19. The van der Waals surface area contributed by atoms with Gasteiger partial charge in [-0.15, -0.1) is 0 Å². The quantitative estimate of drug-likeness (QED) is 0.638. The minimum Gasteiger partial charge on any atom is -0.380 e. The molecule has 98 valence electrons. The number of imidazole rings is 1. The number of unbranched alkanes of at least 4 members (excludes halogenated alkanes) is 2. The highest BCUT2D eigenvalue weighted by atomic mass is 16.5. The monoisotopic (exact) mass is 239 g/mol. The van der Waals surface area contributed by atoms with E-state index >= 15 is 0 Å². The third-order valence-corrected chi connectivity index (χ3v) is 2.64. The van der Waals surface area contributed by atoms with Gasteiger partial charge in [-0.3, -0.25) is 0 Å². The van der Waals surface area contributed by atoms with Crippen LogP contribution in [0.15, 0.2) is 12.4 Å². The Kier molecular flexibility index (Phi) is 7.47. The van der Waals surface area contributed by atoms with Gasteiger partial charge in [0, 0.05) is 32.1 Å². The molecule has 4 nitrogen and oxygen atoms in total. The van der Waals surface area contributed by atoms with Gasteiger partial charge in [0.05, 0.1) is 6.61 Å². The standard InChI is InChI=1S/C13H25N3O/c1-3-5-9-16-10-7-14-13(16)15-8-12-17-11-6-4-2/h7,10H,3-6,8-9,11-12H2,1-2H3,(H,14,15). The van der Waals surface area contributed by atoms with Crippen LogP contribution in [0.4, 0.5) is 5.95 Å². The topological polar surface area (TPSA) is 39.1 Å². The summed E-state index contributed by atoms with van der Waals surface area (Å²) in [6, 6.07) is 0. The van der Waals surface area contributed by atoms with E-state index in [-0.39, 0.29) is 0 Å². The van der Waals surface area contributed by atoms with Crippen LogP contribution in [0.3, 0.4) is 0 Å². The van der Waals surface area contributed by atoms with E-state index < -0.39 is 0 Å². The van der Waals surface area contributed by atoms with E-state index in [1.807, 2.05) is 12.4 Å². The minimum atomic E-state index is 0.751. The zero-order chi connectivity index (χ0) is 12.3. The smallest absolute Gasteiger partial charge is 0.202 e. The van der Waals surface area contributed by atoms with Crippen molar-refractivity contribution in [3.8, 4) is 0 Å². The molecular weight excluding hydrogens is 214 g/mol. The van der Waals surface area contributed by atoms with Gasteiger partial charge in [-0.25, -0.2) is 4.98 Å². The molecule has 0 aromatic carbocycles. The molecule has 4 heteroatoms. The number of anilines is 1. The molecule has 0 saturated heterocycles. The zero-order valence-electron chi connectivity index (χ0n) is 11.1. The lowest BCUT2D eigenvalue weighted by Crippen LogP contribution is -2.13. The fourth-order valence-corrected chi connectivity index (χ4v) is 1.57. The van der Waals surface area contributed by atoms with Crippen LogP contribution in [0.1, 0.15) is 39.5 Å². The maximum atomic E-state index is 5.49. The van der Waals surface area contributed by atoms with Gasteiger partial charge in [-0.2, -0.15) is 0 Å². The van der Waals surface area contributed by atoms with Gasteiger partial charge in [-0.05, 0) is 12.8 Å². The Morgan fingerprint density at radius 1 is 1.24 bits per heavy atom. The normalized spacial score (nSPS) is 10.7. The number of aryl methyl sites for hydroxylation is 1. The largest absolute Gasteiger partial charge is 0.380 e. The number of rotatable bonds is 10. The van der Waals surface area contributed by atoms with Crippen molar-refractivity contribution in [2.24, 2.45) is 0 Å². The van der Waals surface area contributed by atoms with Crippen LogP contribution < -0.4 is 5.32 Å². The number of hydrogen-bond acceptors (Lipinski definition) is 3. The molecule has 1 heterocycles. The average Bonchev–Trinajstić information content (AvgIpc) is 2.78. The molecule has 0 amide bonds. The predicted octanol–water partition coefficient (Wildman–Crippen LogP) is 2.91. The first kappa shape index (κ1) is 14.0. The molecule has 1 aromatic rings. The SMILES string of the molecule is CCCCOCCNc1nccn1CCCC. The third kappa shape index (κ3) is 5.73. The van der Waals surface area contributed by atoms with Crippen LogP contribution in [0, 0.1) is 0 Å². The van der Waals surface area contributed by atoms with Crippen LogP contribution in [0.5, 0.6) is 0 Å². The fraction of sp³-hybridized carbons (Fsp3) is 0.769. The molecule has 1 aromatic heterocycles. The van der Waals surface area contributed by atoms with Crippen LogP contribution in [0.25, 0.3) is 0 Å². The molecule has 0 spiro atoms. The Morgan fingerprint density at radius 3 is 2.82 bits per heavy atom. The molecule has 0 aliphatic heterocycles. The fourth-order valence-electron chi connectivity index (χ4n) is 1.57. The summed E-state index contributed by atoms with van der Waals surface area (Å²) in [7, 11) is 0. The molecular formula is C13H25N3O. The van der Waals surface area contributed by atoms with Gasteiger partial charge < -0.3 is 14.6 Å². The molecule has 0 bridgehead atoms. The van der Waals surface area contributed by atoms with Crippen LogP contribution in [-0.4, -0.2) is 29.3 Å². The van der Waals surface area contributed by atoms with Crippen molar-refractivity contribution in [2.45, 2.75) is 46.1 Å². The van der Waals surface area contributed by atoms with E-state index in [2.05, 4.69) is 28.7 Å². The molecule has 17 heavy (non-hydrogen) atoms. The zero-order valence-corrected chi connectivity index (χ0v) is 11.1. The Balaban J connectivity index is 2.15. The summed E-state index contributed by atoms with van der Waals surface area (Å²) in [6.45, 7) is 7.85. The molecule has 1 N–H and O–H groups in total. The minimum absolute atomic E-state index is 0.751. The van der Waals surface area contributed by atoms with Crippen molar-refractivity contribution in [3.05, 3.63) is 12.4 Å². The number of ether oxygens (including phenoxy) is 1. The highest BCUT2D eigenvalue weighted by Crippen LogP contribution is 2.05. The summed E-state index contributed by atoms with van der Waals surface area (Å²) in [5.74, 6) is 0.956. The van der Waals surface area contributed by atoms with Crippen molar-refractivity contribution in [1.29, 1.82) is 0 Å². The van der Waals surface area contributed by atoms with E-state index in [4.69, 9.17) is 4.74 Å². The van der Waals surface area contributed by atoms with Crippen LogP contribution in [0.2, 0.25) is 0 Å². The molecule has 0 aliphatic carbocycles. The van der Waals surface area contributed by atoms with Gasteiger partial charge in [0.1, 0.15) is 0 Å². The lowest BCUT2D eigenvalue weighted by molar-refractivity contribution is 0.141. The highest BCUT2D eigenvalue weighted by molar-refractivity contribution is 5.25. The van der Waals surface area contributed by atoms with Crippen molar-refractivity contribution in [2.75, 3.05) is 25.1 Å². The van der Waals surface area contributed by atoms with E-state index in [0.29, 0.717) is 0 Å². The van der Waals surface area contributed by atoms with Crippen LogP contribution in [-0.2, 0) is 11.3 Å². The maximum absolute atomic E-state index is 5.49. The summed E-state index contributed by atoms with van der Waals surface area (Å²) in [5.41, 5.74) is 0. The second kappa shape index (κ2) is 9.05. The first-order chi connectivity index (χ1) is 8.38. The van der Waals surface area contributed by atoms with Gasteiger partial charge in [0.15, 0.2) is 0 Å². The summed E-state index contributed by atoms with van der Waals surface area (Å²) in [6.07, 6.45) is 8.60. The van der Waals surface area contributed by atoms with Gasteiger partial charge in [-0.1, -0.05) is 26.7 Å². The lowest BCUT2D eigenvalue weighted by atomic mass is 10.3. The van der Waals surface area contributed by atoms with E-state index in [1.54, 1.807) is 0 Å². The first-order valence-electron chi connectivity index (χ1n) is 6.71. The second-order valence-corrected chi connectivity index (χ2v) is 4.19. The van der Waals surface area contributed by atoms with E-state index in [0.717, 1.165) is 38.7 Å². The summed E-state index contributed by atoms with van der Waals surface area (Å²) < 4.78 is 7.66. The molecule has 0 aliphatic rings. The predicted molar refractivity (Wildman–Crippen MR) is 71.4 cm³/mol. The molecule has 0 saturated carbocycles. The molecule has 1 rings (SSSR count). The van der Waals surface area contributed by atoms with E-state index in [9.17, 15) is 0 Å². The molecule has 0 atom stereocenters. The molecule has 0 unspecified atom stereocenters. The van der Waals surface area contributed by atoms with Gasteiger partial charge >= 0.3 is 0 Å². The Morgan fingerprint density at radius 2 is 2.06 bits per heavy atom. The van der Waals surface area contributed by atoms with Crippen molar-refractivity contribution in [1.82, 2.24) is 9.55 Å². The summed E-state index contributed by atoms with van der Waals surface area (Å²) >= 11 is 0. The van der Waals surface area contributed by atoms with Crippen molar-refractivity contribution in [3.63, 3.8) is 0 Å². The molecule has 0 fully saturated rings. The van der Waals surface area contributed by atoms with Crippen molar-refractivity contribution >= 4 is 5.95 Å². The first-order valence-corrected chi connectivity index (χ1v) is 6.71. The van der Waals surface area contributed by atoms with E-state index in [1.165, 1.54) is 19.3 Å². The highest BCUT2D eigenvalue weighted by Gasteiger charge is 2.00. The number of nitrogens with zero attached hydrogens (tertiary/aromatic N) is 2. The average molecular weight is 239 g/mol. The number of aromatic nitrogens is 2. The third-order valence-electron chi connectivity index (χ3n) is 2.64. The van der Waals surface area contributed by atoms with Gasteiger partial charge in [0.2, 0.25) is 5.95 Å². The Labute approximate surface area is 104 Å². The molecule has 0 radical (unpaired) electrons. The number of hydrogen-bond donors (Lipinski definition) is 1. The Hall–Kier alpha value is -1.03. The van der Waals surface area contributed by atoms with Crippen LogP contribution >= 0.6 is 0 Å². The maximum Gasteiger partial charge on any atom is 0.202 e. The van der Waals surface area contributed by atoms with Gasteiger partial charge in [0.25, 0.3) is 0 Å².